The van der Waals surface area contributed by atoms with Gasteiger partial charge in [0, 0.05) is 33.2 Å². The molecular formula is C22H19ClN4O2. The van der Waals surface area contributed by atoms with Crippen LogP contribution in [-0.2, 0) is 16.1 Å². The van der Waals surface area contributed by atoms with Crippen LogP contribution in [0.3, 0.4) is 0 Å². The molecule has 0 bridgehead atoms. The molecule has 0 saturated heterocycles. The Morgan fingerprint density at radius 2 is 1.83 bits per heavy atom. The van der Waals surface area contributed by atoms with Gasteiger partial charge in [-0.05, 0) is 31.2 Å². The van der Waals surface area contributed by atoms with Gasteiger partial charge < -0.3 is 15.0 Å². The maximum atomic E-state index is 12.0. The number of para-hydroxylation sites is 1. The van der Waals surface area contributed by atoms with Crippen molar-refractivity contribution in [3.05, 3.63) is 65.8 Å². The summed E-state index contributed by atoms with van der Waals surface area (Å²) in [6, 6.07) is 17.1. The highest BCUT2D eigenvalue weighted by molar-refractivity contribution is 6.30. The Hall–Kier alpha value is -3.38. The van der Waals surface area contributed by atoms with E-state index in [0.29, 0.717) is 23.0 Å². The number of hydrogen-bond acceptors (Lipinski definition) is 5. The third kappa shape index (κ3) is 3.93. The zero-order valence-corrected chi connectivity index (χ0v) is 16.6. The number of esters is 1. The van der Waals surface area contributed by atoms with Gasteiger partial charge in [0.15, 0.2) is 0 Å². The van der Waals surface area contributed by atoms with Gasteiger partial charge in [0.1, 0.15) is 6.54 Å². The van der Waals surface area contributed by atoms with Crippen molar-refractivity contribution in [1.82, 2.24) is 14.5 Å². The molecule has 2 heterocycles. The molecule has 0 aliphatic heterocycles. The number of benzene rings is 2. The number of rotatable bonds is 5. The average molecular weight is 407 g/mol. The highest BCUT2D eigenvalue weighted by Crippen LogP contribution is 2.32. The van der Waals surface area contributed by atoms with Crippen molar-refractivity contribution in [2.45, 2.75) is 13.5 Å². The zero-order chi connectivity index (χ0) is 20.4. The summed E-state index contributed by atoms with van der Waals surface area (Å²) in [5.41, 5.74) is 10.1. The van der Waals surface area contributed by atoms with Crippen LogP contribution < -0.4 is 5.73 Å². The molecule has 7 heteroatoms. The minimum absolute atomic E-state index is 0.124. The molecule has 2 aromatic heterocycles. The van der Waals surface area contributed by atoms with Crippen LogP contribution in [-0.4, -0.2) is 27.1 Å². The first-order valence-corrected chi connectivity index (χ1v) is 9.57. The summed E-state index contributed by atoms with van der Waals surface area (Å²) in [5, 5.41) is 1.62. The number of carbonyl (C=O) groups excluding carboxylic acids is 1. The first kappa shape index (κ1) is 19.0. The Labute approximate surface area is 172 Å². The Morgan fingerprint density at radius 3 is 2.59 bits per heavy atom. The number of aromatic nitrogens is 3. The largest absolute Gasteiger partial charge is 0.465 e. The standard InChI is InChI=1S/C22H19ClN4O2/c1-2-29-21(28)13-27-12-17(16-5-3-4-6-20(16)27)19-11-18(25-22(24)26-19)14-7-9-15(23)10-8-14/h3-12H,2,13H2,1H3,(H2,24,25,26). The molecule has 4 rings (SSSR count). The minimum atomic E-state index is -0.288. The lowest BCUT2D eigenvalue weighted by molar-refractivity contribution is -0.143. The fraction of sp³-hybridized carbons (Fsp3) is 0.136. The second kappa shape index (κ2) is 7.93. The Morgan fingerprint density at radius 1 is 1.10 bits per heavy atom. The second-order valence-corrected chi connectivity index (χ2v) is 6.93. The Balaban J connectivity index is 1.82. The second-order valence-electron chi connectivity index (χ2n) is 6.50. The summed E-state index contributed by atoms with van der Waals surface area (Å²) < 4.78 is 6.96. The highest BCUT2D eigenvalue weighted by atomic mass is 35.5. The predicted molar refractivity (Wildman–Crippen MR) is 114 cm³/mol. The van der Waals surface area contributed by atoms with Crippen molar-refractivity contribution in [1.29, 1.82) is 0 Å². The normalized spacial score (nSPS) is 11.0. The van der Waals surface area contributed by atoms with Gasteiger partial charge in [-0.1, -0.05) is 41.9 Å². The van der Waals surface area contributed by atoms with E-state index in [1.807, 2.05) is 53.2 Å². The molecule has 0 aliphatic carbocycles. The van der Waals surface area contributed by atoms with E-state index in [2.05, 4.69) is 9.97 Å². The molecule has 0 atom stereocenters. The van der Waals surface area contributed by atoms with Crippen molar-refractivity contribution >= 4 is 34.4 Å². The van der Waals surface area contributed by atoms with Crippen LogP contribution in [0.4, 0.5) is 5.95 Å². The van der Waals surface area contributed by atoms with Crippen LogP contribution in [0.25, 0.3) is 33.4 Å². The van der Waals surface area contributed by atoms with Crippen LogP contribution in [0.1, 0.15) is 6.92 Å². The monoisotopic (exact) mass is 406 g/mol. The zero-order valence-electron chi connectivity index (χ0n) is 15.8. The molecule has 6 nitrogen and oxygen atoms in total. The number of hydrogen-bond donors (Lipinski definition) is 1. The maximum Gasteiger partial charge on any atom is 0.325 e. The van der Waals surface area contributed by atoms with Crippen molar-refractivity contribution < 1.29 is 9.53 Å². The van der Waals surface area contributed by atoms with Crippen molar-refractivity contribution in [2.75, 3.05) is 12.3 Å². The molecule has 0 fully saturated rings. The van der Waals surface area contributed by atoms with Gasteiger partial charge in [0.2, 0.25) is 5.95 Å². The van der Waals surface area contributed by atoms with Gasteiger partial charge in [0.05, 0.1) is 18.0 Å². The number of nitrogens with zero attached hydrogens (tertiary/aromatic N) is 3. The molecular weight excluding hydrogens is 388 g/mol. The topological polar surface area (TPSA) is 83.0 Å². The molecule has 0 spiro atoms. The lowest BCUT2D eigenvalue weighted by Gasteiger charge is -2.06. The van der Waals surface area contributed by atoms with Crippen molar-refractivity contribution in [2.24, 2.45) is 0 Å². The average Bonchev–Trinajstić information content (AvgIpc) is 3.07. The van der Waals surface area contributed by atoms with Crippen LogP contribution in [0.2, 0.25) is 5.02 Å². The Kier molecular flexibility index (Phi) is 5.18. The van der Waals surface area contributed by atoms with E-state index in [1.54, 1.807) is 19.1 Å². The summed E-state index contributed by atoms with van der Waals surface area (Å²) in [4.78, 5) is 20.8. The van der Waals surface area contributed by atoms with Gasteiger partial charge in [0.25, 0.3) is 0 Å². The quantitative estimate of drug-likeness (QED) is 0.491. The molecule has 0 amide bonds. The van der Waals surface area contributed by atoms with Gasteiger partial charge in [-0.3, -0.25) is 4.79 Å². The number of nitrogens with two attached hydrogens (primary N) is 1. The van der Waals surface area contributed by atoms with Crippen LogP contribution >= 0.6 is 11.6 Å². The summed E-state index contributed by atoms with van der Waals surface area (Å²) in [7, 11) is 0. The van der Waals surface area contributed by atoms with E-state index in [4.69, 9.17) is 22.1 Å². The third-order valence-corrected chi connectivity index (χ3v) is 4.80. The van der Waals surface area contributed by atoms with E-state index in [0.717, 1.165) is 22.0 Å². The first-order valence-electron chi connectivity index (χ1n) is 9.19. The van der Waals surface area contributed by atoms with Crippen LogP contribution in [0.15, 0.2) is 60.8 Å². The van der Waals surface area contributed by atoms with Crippen LogP contribution in [0, 0.1) is 0 Å². The number of carbonyl (C=O) groups is 1. The van der Waals surface area contributed by atoms with Gasteiger partial charge in [-0.25, -0.2) is 9.97 Å². The lowest BCUT2D eigenvalue weighted by Crippen LogP contribution is -2.12. The van der Waals surface area contributed by atoms with Gasteiger partial charge >= 0.3 is 5.97 Å². The van der Waals surface area contributed by atoms with E-state index >= 15 is 0 Å². The Bertz CT molecular complexity index is 1190. The summed E-state index contributed by atoms with van der Waals surface area (Å²) in [5.74, 6) is -0.112. The van der Waals surface area contributed by atoms with Crippen LogP contribution in [0.5, 0.6) is 0 Å². The van der Waals surface area contributed by atoms with E-state index in [1.165, 1.54) is 0 Å². The number of anilines is 1. The molecule has 2 N–H and O–H groups in total. The van der Waals surface area contributed by atoms with E-state index < -0.39 is 0 Å². The SMILES string of the molecule is CCOC(=O)Cn1cc(-c2cc(-c3ccc(Cl)cc3)nc(N)n2)c2ccccc21. The summed E-state index contributed by atoms with van der Waals surface area (Å²) in [6.45, 7) is 2.26. The number of nitrogen functional groups attached to an aromatic ring is 1. The number of ether oxygens (including phenoxy) is 1. The molecule has 2 aromatic carbocycles. The molecule has 146 valence electrons. The van der Waals surface area contributed by atoms with E-state index in [-0.39, 0.29) is 18.5 Å². The van der Waals surface area contributed by atoms with Crippen molar-refractivity contribution in [3.63, 3.8) is 0 Å². The van der Waals surface area contributed by atoms with Gasteiger partial charge in [-0.15, -0.1) is 0 Å². The molecule has 0 radical (unpaired) electrons. The summed E-state index contributed by atoms with van der Waals surface area (Å²) in [6.07, 6.45) is 1.90. The number of halogens is 1. The fourth-order valence-corrected chi connectivity index (χ4v) is 3.43. The molecule has 0 unspecified atom stereocenters. The summed E-state index contributed by atoms with van der Waals surface area (Å²) >= 11 is 5.99. The van der Waals surface area contributed by atoms with Crippen molar-refractivity contribution in [3.8, 4) is 22.5 Å². The molecule has 29 heavy (non-hydrogen) atoms. The molecule has 4 aromatic rings. The predicted octanol–water partition coefficient (Wildman–Crippen LogP) is 4.56. The maximum absolute atomic E-state index is 12.0. The molecule has 0 saturated carbocycles. The molecule has 0 aliphatic rings. The third-order valence-electron chi connectivity index (χ3n) is 4.55. The smallest absolute Gasteiger partial charge is 0.325 e. The minimum Gasteiger partial charge on any atom is -0.465 e. The highest BCUT2D eigenvalue weighted by Gasteiger charge is 2.15. The van der Waals surface area contributed by atoms with Gasteiger partial charge in [-0.2, -0.15) is 0 Å². The van der Waals surface area contributed by atoms with E-state index in [9.17, 15) is 4.79 Å². The lowest BCUT2D eigenvalue weighted by atomic mass is 10.1. The fourth-order valence-electron chi connectivity index (χ4n) is 3.30. The number of fused-ring (bicyclic) bond motifs is 1. The first-order chi connectivity index (χ1) is 14.0.